The van der Waals surface area contributed by atoms with E-state index in [-0.39, 0.29) is 18.9 Å². The van der Waals surface area contributed by atoms with Crippen LogP contribution in [0.25, 0.3) is 0 Å². The Morgan fingerprint density at radius 3 is 2.66 bits per heavy atom. The number of allylic oxidation sites excluding steroid dienone is 1. The molecule has 0 unspecified atom stereocenters. The number of benzene rings is 1. The molecule has 1 aliphatic heterocycles. The summed E-state index contributed by atoms with van der Waals surface area (Å²) in [6.07, 6.45) is 8.59. The quantitative estimate of drug-likeness (QED) is 0.341. The van der Waals surface area contributed by atoms with E-state index in [9.17, 15) is 23.5 Å². The molecule has 1 aromatic rings. The summed E-state index contributed by atoms with van der Waals surface area (Å²) in [6, 6.07) is 9.29. The van der Waals surface area contributed by atoms with Gasteiger partial charge in [-0.1, -0.05) is 61.6 Å². The van der Waals surface area contributed by atoms with Crippen molar-refractivity contribution in [3.63, 3.8) is 0 Å². The average molecular weight is 450 g/mol. The second kappa shape index (κ2) is 12.5. The molecule has 1 aromatic carbocycles. The number of carboxylic acid groups (broad SMARTS) is 1. The van der Waals surface area contributed by atoms with Gasteiger partial charge < -0.3 is 15.1 Å². The number of nitrogens with zero attached hydrogens (tertiary/aromatic N) is 1. The predicted octanol–water partition coefficient (Wildman–Crippen LogP) is 4.61. The number of aliphatic hydroxyl groups is 1. The van der Waals surface area contributed by atoms with Gasteiger partial charge in [-0.15, -0.1) is 0 Å². The summed E-state index contributed by atoms with van der Waals surface area (Å²) in [5, 5.41) is 19.1. The lowest BCUT2D eigenvalue weighted by molar-refractivity contribution is -0.147. The Balaban J connectivity index is 1.85. The third-order valence-electron chi connectivity index (χ3n) is 5.75. The van der Waals surface area contributed by atoms with Crippen molar-refractivity contribution >= 4 is 11.9 Å². The number of carbonyl (C=O) groups excluding carboxylic acids is 1. The van der Waals surface area contributed by atoms with Crippen LogP contribution in [0.2, 0.25) is 0 Å². The van der Waals surface area contributed by atoms with Crippen LogP contribution in [-0.4, -0.2) is 51.6 Å². The second-order valence-electron chi connectivity index (χ2n) is 8.42. The van der Waals surface area contributed by atoms with Crippen LogP contribution >= 0.6 is 0 Å². The molecule has 2 rings (SSSR count). The molecule has 1 saturated heterocycles. The van der Waals surface area contributed by atoms with E-state index >= 15 is 0 Å². The Labute approximate surface area is 188 Å². The van der Waals surface area contributed by atoms with Crippen LogP contribution in [0.15, 0.2) is 54.6 Å². The fraction of sp³-hybridized carbons (Fsp3) is 0.520. The zero-order valence-corrected chi connectivity index (χ0v) is 18.5. The maximum Gasteiger partial charge on any atom is 0.327 e. The maximum atomic E-state index is 14.0. The van der Waals surface area contributed by atoms with E-state index in [1.165, 1.54) is 17.7 Å². The Morgan fingerprint density at radius 1 is 1.25 bits per heavy atom. The summed E-state index contributed by atoms with van der Waals surface area (Å²) in [4.78, 5) is 23.7. The highest BCUT2D eigenvalue weighted by Crippen LogP contribution is 2.34. The van der Waals surface area contributed by atoms with Crippen molar-refractivity contribution in [2.24, 2.45) is 5.92 Å². The number of likely N-dealkylation sites (tertiary alicyclic amines) is 1. The molecule has 1 amide bonds. The van der Waals surface area contributed by atoms with Gasteiger partial charge in [-0.2, -0.15) is 8.78 Å². The van der Waals surface area contributed by atoms with Crippen molar-refractivity contribution in [3.05, 3.63) is 60.2 Å². The fourth-order valence-electron chi connectivity index (χ4n) is 3.76. The molecule has 1 heterocycles. The first-order valence-corrected chi connectivity index (χ1v) is 11.2. The van der Waals surface area contributed by atoms with E-state index in [1.54, 1.807) is 12.2 Å². The Hall–Kier alpha value is -2.54. The molecule has 0 radical (unpaired) electrons. The normalized spacial score (nSPS) is 20.3. The van der Waals surface area contributed by atoms with Crippen LogP contribution in [-0.2, 0) is 16.0 Å². The maximum absolute atomic E-state index is 14.0. The molecule has 7 heteroatoms. The van der Waals surface area contributed by atoms with Gasteiger partial charge in [0, 0.05) is 19.4 Å². The lowest BCUT2D eigenvalue weighted by Crippen LogP contribution is -2.36. The molecule has 1 fully saturated rings. The van der Waals surface area contributed by atoms with Gasteiger partial charge in [0.15, 0.2) is 0 Å². The summed E-state index contributed by atoms with van der Waals surface area (Å²) in [5.41, 5.74) is 1.24. The van der Waals surface area contributed by atoms with Crippen molar-refractivity contribution < 1.29 is 28.6 Å². The van der Waals surface area contributed by atoms with Crippen molar-refractivity contribution in [2.45, 2.75) is 69.9 Å². The first-order valence-electron chi connectivity index (χ1n) is 11.2. The molecule has 0 aliphatic carbocycles. The average Bonchev–Trinajstić information content (AvgIpc) is 2.97. The van der Waals surface area contributed by atoms with Gasteiger partial charge in [0.2, 0.25) is 0 Å². The van der Waals surface area contributed by atoms with Gasteiger partial charge in [-0.3, -0.25) is 9.59 Å². The standard InChI is InChI=1S/C25H33F2NO4/c1-19(10-9-13-20-11-5-4-6-12-20)22(29)16-15-21-18-25(26,27)24(32)28(21)17-8-3-2-7-14-23(30)31/h3-6,8,11-12,15-16,19,21-22,29H,2,7,9-10,13-14,17-18H2,1H3,(H,30,31)/t19-,21-,22+/m0/s1. The summed E-state index contributed by atoms with van der Waals surface area (Å²) < 4.78 is 28.0. The number of hydrogen-bond donors (Lipinski definition) is 2. The Morgan fingerprint density at radius 2 is 1.97 bits per heavy atom. The zero-order valence-electron chi connectivity index (χ0n) is 18.5. The van der Waals surface area contributed by atoms with Crippen molar-refractivity contribution in [2.75, 3.05) is 6.54 Å². The molecular weight excluding hydrogens is 416 g/mol. The summed E-state index contributed by atoms with van der Waals surface area (Å²) in [6.45, 7) is 1.95. The van der Waals surface area contributed by atoms with E-state index in [2.05, 4.69) is 12.1 Å². The lowest BCUT2D eigenvalue weighted by Gasteiger charge is -2.21. The van der Waals surface area contributed by atoms with Gasteiger partial charge in [0.1, 0.15) is 0 Å². The number of carbonyl (C=O) groups is 2. The van der Waals surface area contributed by atoms with Crippen molar-refractivity contribution in [1.29, 1.82) is 0 Å². The predicted molar refractivity (Wildman–Crippen MR) is 119 cm³/mol. The third kappa shape index (κ3) is 8.19. The molecule has 2 N–H and O–H groups in total. The highest BCUT2D eigenvalue weighted by atomic mass is 19.3. The number of carboxylic acids is 1. The van der Waals surface area contributed by atoms with Gasteiger partial charge in [0.25, 0.3) is 5.91 Å². The van der Waals surface area contributed by atoms with Crippen LogP contribution in [0.5, 0.6) is 0 Å². The Bertz CT molecular complexity index is 794. The molecule has 0 bridgehead atoms. The number of amides is 1. The molecular formula is C25H33F2NO4. The number of aliphatic hydroxyl groups excluding tert-OH is 1. The van der Waals surface area contributed by atoms with E-state index in [4.69, 9.17) is 5.11 Å². The van der Waals surface area contributed by atoms with Crippen LogP contribution < -0.4 is 0 Å². The number of aliphatic carboxylic acids is 1. The van der Waals surface area contributed by atoms with E-state index in [0.717, 1.165) is 24.2 Å². The number of rotatable bonds is 13. The highest BCUT2D eigenvalue weighted by molar-refractivity contribution is 5.86. The molecule has 32 heavy (non-hydrogen) atoms. The zero-order chi connectivity index (χ0) is 23.6. The molecule has 176 valence electrons. The molecule has 0 aromatic heterocycles. The van der Waals surface area contributed by atoms with Crippen LogP contribution in [0.4, 0.5) is 8.78 Å². The number of aryl methyl sites for hydroxylation is 1. The van der Waals surface area contributed by atoms with Crippen molar-refractivity contribution in [1.82, 2.24) is 4.90 Å². The summed E-state index contributed by atoms with van der Waals surface area (Å²) in [5.74, 6) is -5.55. The number of alkyl halides is 2. The first-order chi connectivity index (χ1) is 15.2. The minimum atomic E-state index is -3.42. The largest absolute Gasteiger partial charge is 0.481 e. The van der Waals surface area contributed by atoms with Gasteiger partial charge in [-0.25, -0.2) is 0 Å². The van der Waals surface area contributed by atoms with E-state index < -0.39 is 36.4 Å². The monoisotopic (exact) mass is 449 g/mol. The number of halogens is 2. The third-order valence-corrected chi connectivity index (χ3v) is 5.75. The van der Waals surface area contributed by atoms with Crippen LogP contribution in [0.1, 0.15) is 51.0 Å². The molecule has 1 aliphatic rings. The lowest BCUT2D eigenvalue weighted by atomic mass is 9.95. The van der Waals surface area contributed by atoms with Crippen LogP contribution in [0, 0.1) is 5.92 Å². The smallest absolute Gasteiger partial charge is 0.327 e. The second-order valence-corrected chi connectivity index (χ2v) is 8.42. The fourth-order valence-corrected chi connectivity index (χ4v) is 3.76. The van der Waals surface area contributed by atoms with Crippen molar-refractivity contribution in [3.8, 4) is 0 Å². The molecule has 0 spiro atoms. The van der Waals surface area contributed by atoms with E-state index in [0.29, 0.717) is 12.8 Å². The minimum Gasteiger partial charge on any atom is -0.481 e. The minimum absolute atomic E-state index is 0.0270. The van der Waals surface area contributed by atoms with Gasteiger partial charge in [-0.05, 0) is 43.6 Å². The molecule has 0 saturated carbocycles. The van der Waals surface area contributed by atoms with E-state index in [1.807, 2.05) is 25.1 Å². The highest BCUT2D eigenvalue weighted by Gasteiger charge is 2.52. The first kappa shape index (κ1) is 25.7. The van der Waals surface area contributed by atoms with Gasteiger partial charge >= 0.3 is 11.9 Å². The molecule has 5 nitrogen and oxygen atoms in total. The molecule has 3 atom stereocenters. The number of hydrogen-bond acceptors (Lipinski definition) is 3. The number of unbranched alkanes of at least 4 members (excludes halogenated alkanes) is 1. The topological polar surface area (TPSA) is 77.8 Å². The summed E-state index contributed by atoms with van der Waals surface area (Å²) >= 11 is 0. The van der Waals surface area contributed by atoms with Gasteiger partial charge in [0.05, 0.1) is 12.1 Å². The summed E-state index contributed by atoms with van der Waals surface area (Å²) in [7, 11) is 0. The van der Waals surface area contributed by atoms with Crippen LogP contribution in [0.3, 0.4) is 0 Å². The Kier molecular flexibility index (Phi) is 10.0. The SMILES string of the molecule is C[C@@H](CCCc1ccccc1)[C@H](O)C=C[C@H]1CC(F)(F)C(=O)N1CC=CCCCC(=O)O.